The lowest BCUT2D eigenvalue weighted by molar-refractivity contribution is 0.0689. The van der Waals surface area contributed by atoms with Crippen LogP contribution in [0.5, 0.6) is 0 Å². The van der Waals surface area contributed by atoms with Gasteiger partial charge in [0.25, 0.3) is 0 Å². The van der Waals surface area contributed by atoms with Crippen molar-refractivity contribution in [3.05, 3.63) is 42.1 Å². The summed E-state index contributed by atoms with van der Waals surface area (Å²) in [5.41, 5.74) is 2.14. The standard InChI is InChI=1S/C14H14N4O2/c1-17-8-9-18(12-5-3-2-4-11(12)17)13-7-6-10(14(19)20)15-16-13/h2-7H,8-9H2,1H3,(H,19,20). The number of hydrogen-bond acceptors (Lipinski definition) is 5. The molecule has 1 aliphatic rings. The van der Waals surface area contributed by atoms with Crippen molar-refractivity contribution in [2.24, 2.45) is 0 Å². The van der Waals surface area contributed by atoms with Gasteiger partial charge in [-0.3, -0.25) is 0 Å². The van der Waals surface area contributed by atoms with Crippen molar-refractivity contribution in [1.29, 1.82) is 0 Å². The van der Waals surface area contributed by atoms with E-state index in [-0.39, 0.29) is 5.69 Å². The molecule has 6 heteroatoms. The van der Waals surface area contributed by atoms with Crippen LogP contribution in [0.15, 0.2) is 36.4 Å². The number of carbonyl (C=O) groups is 1. The zero-order chi connectivity index (χ0) is 14.1. The minimum atomic E-state index is -1.07. The predicted octanol–water partition coefficient (Wildman–Crippen LogP) is 1.76. The fourth-order valence-electron chi connectivity index (χ4n) is 2.33. The summed E-state index contributed by atoms with van der Waals surface area (Å²) in [6.45, 7) is 1.66. The van der Waals surface area contributed by atoms with Crippen molar-refractivity contribution < 1.29 is 9.90 Å². The first kappa shape index (κ1) is 12.4. The first-order valence-electron chi connectivity index (χ1n) is 6.31. The molecule has 1 aromatic heterocycles. The molecule has 0 bridgehead atoms. The van der Waals surface area contributed by atoms with Crippen LogP contribution in [0.25, 0.3) is 0 Å². The summed E-state index contributed by atoms with van der Waals surface area (Å²) >= 11 is 0. The van der Waals surface area contributed by atoms with Gasteiger partial charge in [0, 0.05) is 20.1 Å². The molecule has 0 spiro atoms. The fourth-order valence-corrected chi connectivity index (χ4v) is 2.33. The minimum absolute atomic E-state index is 0.0452. The number of carboxylic acids is 1. The van der Waals surface area contributed by atoms with Crippen molar-refractivity contribution in [2.75, 3.05) is 29.9 Å². The Morgan fingerprint density at radius 3 is 2.50 bits per heavy atom. The number of aromatic nitrogens is 2. The summed E-state index contributed by atoms with van der Waals surface area (Å²) in [7, 11) is 2.05. The Kier molecular flexibility index (Phi) is 2.98. The molecule has 0 amide bonds. The maximum atomic E-state index is 10.8. The van der Waals surface area contributed by atoms with E-state index in [1.165, 1.54) is 6.07 Å². The maximum Gasteiger partial charge on any atom is 0.356 e. The summed E-state index contributed by atoms with van der Waals surface area (Å²) in [6, 6.07) is 11.2. The van der Waals surface area contributed by atoms with Crippen LogP contribution in [-0.4, -0.2) is 41.4 Å². The molecular weight excluding hydrogens is 256 g/mol. The second-order valence-corrected chi connectivity index (χ2v) is 4.64. The van der Waals surface area contributed by atoms with Gasteiger partial charge in [-0.25, -0.2) is 4.79 Å². The van der Waals surface area contributed by atoms with Crippen LogP contribution >= 0.6 is 0 Å². The Morgan fingerprint density at radius 1 is 1.10 bits per heavy atom. The molecule has 3 rings (SSSR count). The third-order valence-corrected chi connectivity index (χ3v) is 3.39. The van der Waals surface area contributed by atoms with E-state index in [0.717, 1.165) is 24.5 Å². The quantitative estimate of drug-likeness (QED) is 0.896. The molecule has 2 heterocycles. The average Bonchev–Trinajstić information content (AvgIpc) is 2.48. The predicted molar refractivity (Wildman–Crippen MR) is 75.7 cm³/mol. The number of rotatable bonds is 2. The number of benzene rings is 1. The summed E-state index contributed by atoms with van der Waals surface area (Å²) in [5, 5.41) is 16.6. The molecule has 0 atom stereocenters. The van der Waals surface area contributed by atoms with Gasteiger partial charge < -0.3 is 14.9 Å². The Bertz CT molecular complexity index is 642. The van der Waals surface area contributed by atoms with E-state index in [2.05, 4.69) is 28.2 Å². The second kappa shape index (κ2) is 4.80. The Hall–Kier alpha value is -2.63. The molecule has 1 aliphatic heterocycles. The lowest BCUT2D eigenvalue weighted by Gasteiger charge is -2.36. The lowest BCUT2D eigenvalue weighted by atomic mass is 10.1. The molecule has 0 saturated carbocycles. The Morgan fingerprint density at radius 2 is 1.85 bits per heavy atom. The van der Waals surface area contributed by atoms with Gasteiger partial charge in [-0.05, 0) is 24.3 Å². The SMILES string of the molecule is CN1CCN(c2ccc(C(=O)O)nn2)c2ccccc21. The zero-order valence-electron chi connectivity index (χ0n) is 11.0. The third-order valence-electron chi connectivity index (χ3n) is 3.39. The van der Waals surface area contributed by atoms with Gasteiger partial charge >= 0.3 is 5.97 Å². The van der Waals surface area contributed by atoms with Crippen LogP contribution in [0, 0.1) is 0 Å². The summed E-state index contributed by atoms with van der Waals surface area (Å²) in [4.78, 5) is 15.0. The number of carboxylic acid groups (broad SMARTS) is 1. The first-order valence-corrected chi connectivity index (χ1v) is 6.31. The summed E-state index contributed by atoms with van der Waals surface area (Å²) < 4.78 is 0. The maximum absolute atomic E-state index is 10.8. The van der Waals surface area contributed by atoms with Crippen molar-refractivity contribution >= 4 is 23.2 Å². The van der Waals surface area contributed by atoms with E-state index in [1.807, 2.05) is 23.1 Å². The van der Waals surface area contributed by atoms with E-state index < -0.39 is 5.97 Å². The van der Waals surface area contributed by atoms with Crippen molar-refractivity contribution in [3.8, 4) is 0 Å². The van der Waals surface area contributed by atoms with E-state index in [1.54, 1.807) is 6.07 Å². The van der Waals surface area contributed by atoms with Crippen LogP contribution in [0.1, 0.15) is 10.5 Å². The number of anilines is 3. The highest BCUT2D eigenvalue weighted by Crippen LogP contribution is 2.35. The highest BCUT2D eigenvalue weighted by atomic mass is 16.4. The van der Waals surface area contributed by atoms with E-state index in [9.17, 15) is 4.79 Å². The van der Waals surface area contributed by atoms with Crippen LogP contribution in [0.4, 0.5) is 17.2 Å². The molecule has 0 fully saturated rings. The number of para-hydroxylation sites is 2. The molecule has 0 unspecified atom stereocenters. The van der Waals surface area contributed by atoms with E-state index in [0.29, 0.717) is 5.82 Å². The summed E-state index contributed by atoms with van der Waals surface area (Å²) in [6.07, 6.45) is 0. The highest BCUT2D eigenvalue weighted by Gasteiger charge is 2.22. The van der Waals surface area contributed by atoms with Crippen LogP contribution in [0.3, 0.4) is 0 Å². The molecular formula is C14H14N4O2. The monoisotopic (exact) mass is 270 g/mol. The smallest absolute Gasteiger partial charge is 0.356 e. The average molecular weight is 270 g/mol. The first-order chi connectivity index (χ1) is 9.66. The third kappa shape index (κ3) is 2.05. The molecule has 1 N–H and O–H groups in total. The fraction of sp³-hybridized carbons (Fsp3) is 0.214. The lowest BCUT2D eigenvalue weighted by Crippen LogP contribution is -2.36. The van der Waals surface area contributed by atoms with E-state index in [4.69, 9.17) is 5.11 Å². The Labute approximate surface area is 116 Å². The van der Waals surface area contributed by atoms with Crippen molar-refractivity contribution in [1.82, 2.24) is 10.2 Å². The molecule has 1 aromatic carbocycles. The van der Waals surface area contributed by atoms with E-state index >= 15 is 0 Å². The number of nitrogens with zero attached hydrogens (tertiary/aromatic N) is 4. The van der Waals surface area contributed by atoms with Crippen molar-refractivity contribution in [2.45, 2.75) is 0 Å². The molecule has 0 aliphatic carbocycles. The van der Waals surface area contributed by atoms with Gasteiger partial charge in [-0.2, -0.15) is 0 Å². The van der Waals surface area contributed by atoms with Gasteiger partial charge in [-0.15, -0.1) is 10.2 Å². The van der Waals surface area contributed by atoms with Gasteiger partial charge in [0.05, 0.1) is 11.4 Å². The minimum Gasteiger partial charge on any atom is -0.476 e. The highest BCUT2D eigenvalue weighted by molar-refractivity contribution is 5.85. The molecule has 20 heavy (non-hydrogen) atoms. The van der Waals surface area contributed by atoms with Gasteiger partial charge in [0.15, 0.2) is 11.5 Å². The number of likely N-dealkylation sites (N-methyl/N-ethyl adjacent to an activating group) is 1. The number of hydrogen-bond donors (Lipinski definition) is 1. The topological polar surface area (TPSA) is 69.6 Å². The van der Waals surface area contributed by atoms with Gasteiger partial charge in [-0.1, -0.05) is 12.1 Å². The molecule has 0 saturated heterocycles. The van der Waals surface area contributed by atoms with Gasteiger partial charge in [0.1, 0.15) is 0 Å². The molecule has 2 aromatic rings. The van der Waals surface area contributed by atoms with Gasteiger partial charge in [0.2, 0.25) is 0 Å². The molecule has 0 radical (unpaired) electrons. The largest absolute Gasteiger partial charge is 0.476 e. The zero-order valence-corrected chi connectivity index (χ0v) is 11.0. The summed E-state index contributed by atoms with van der Waals surface area (Å²) in [5.74, 6) is -0.404. The molecule has 102 valence electrons. The Balaban J connectivity index is 1.99. The number of aromatic carboxylic acids is 1. The number of fused-ring (bicyclic) bond motifs is 1. The normalized spacial score (nSPS) is 14.1. The van der Waals surface area contributed by atoms with Crippen LogP contribution < -0.4 is 9.80 Å². The second-order valence-electron chi connectivity index (χ2n) is 4.64. The van der Waals surface area contributed by atoms with Crippen LogP contribution in [0.2, 0.25) is 0 Å². The van der Waals surface area contributed by atoms with Crippen molar-refractivity contribution in [3.63, 3.8) is 0 Å². The van der Waals surface area contributed by atoms with Crippen LogP contribution in [-0.2, 0) is 0 Å². The molecule has 6 nitrogen and oxygen atoms in total.